The van der Waals surface area contributed by atoms with E-state index in [-0.39, 0.29) is 24.0 Å². The number of nitrogens with zero attached hydrogens (tertiary/aromatic N) is 1. The highest BCUT2D eigenvalue weighted by Gasteiger charge is 2.33. The van der Waals surface area contributed by atoms with Crippen LogP contribution in [-0.4, -0.2) is 25.5 Å². The Morgan fingerprint density at radius 1 is 1.00 bits per heavy atom. The summed E-state index contributed by atoms with van der Waals surface area (Å²) in [6.45, 7) is 2.54. The predicted octanol–water partition coefficient (Wildman–Crippen LogP) is 3.46. The van der Waals surface area contributed by atoms with Crippen molar-refractivity contribution in [2.24, 2.45) is 4.99 Å². The lowest BCUT2D eigenvalue weighted by Gasteiger charge is -2.16. The molecule has 0 bridgehead atoms. The number of halogens is 4. The molecule has 0 unspecified atom stereocenters. The minimum Gasteiger partial charge on any atom is -0.352 e. The summed E-state index contributed by atoms with van der Waals surface area (Å²) in [5, 5.41) is 8.47. The summed E-state index contributed by atoms with van der Waals surface area (Å²) in [6, 6.07) is 9.47. The summed E-state index contributed by atoms with van der Waals surface area (Å²) in [6.07, 6.45) is -4.65. The molecule has 0 heterocycles. The van der Waals surface area contributed by atoms with Crippen molar-refractivity contribution in [3.8, 4) is 0 Å². The highest BCUT2D eigenvalue weighted by Crippen LogP contribution is 2.32. The monoisotopic (exact) mass is 410 g/mol. The summed E-state index contributed by atoms with van der Waals surface area (Å²) < 4.78 is 52.4. The van der Waals surface area contributed by atoms with Gasteiger partial charge in [0.15, 0.2) is 5.96 Å². The van der Waals surface area contributed by atoms with E-state index < -0.39 is 17.6 Å². The van der Waals surface area contributed by atoms with E-state index in [1.165, 1.54) is 7.05 Å². The van der Waals surface area contributed by atoms with Crippen LogP contribution in [0.25, 0.3) is 0 Å². The summed E-state index contributed by atoms with van der Waals surface area (Å²) in [4.78, 5) is 15.7. The van der Waals surface area contributed by atoms with Crippen molar-refractivity contribution in [1.82, 2.24) is 16.0 Å². The van der Waals surface area contributed by atoms with E-state index in [0.29, 0.717) is 24.7 Å². The highest BCUT2D eigenvalue weighted by molar-refractivity contribution is 5.94. The summed E-state index contributed by atoms with van der Waals surface area (Å²) in [5.74, 6) is -0.820. The number of guanidine groups is 1. The lowest BCUT2D eigenvalue weighted by atomic mass is 10.1. The van der Waals surface area contributed by atoms with Gasteiger partial charge in [0.2, 0.25) is 0 Å². The molecule has 29 heavy (non-hydrogen) atoms. The molecule has 0 aliphatic rings. The van der Waals surface area contributed by atoms with Crippen LogP contribution >= 0.6 is 0 Å². The van der Waals surface area contributed by atoms with Crippen LogP contribution in [0.4, 0.5) is 17.6 Å². The number of hydrogen-bond acceptors (Lipinski definition) is 2. The molecule has 1 amide bonds. The van der Waals surface area contributed by atoms with E-state index in [1.54, 1.807) is 24.3 Å². The molecule has 2 aromatic carbocycles. The van der Waals surface area contributed by atoms with Crippen LogP contribution in [0, 0.1) is 5.82 Å². The molecule has 9 heteroatoms. The third kappa shape index (κ3) is 6.48. The average molecular weight is 410 g/mol. The second-order valence-corrected chi connectivity index (χ2v) is 6.13. The molecule has 3 N–H and O–H groups in total. The molecule has 0 spiro atoms. The minimum absolute atomic E-state index is 0.0897. The first-order valence-electron chi connectivity index (χ1n) is 8.92. The smallest absolute Gasteiger partial charge is 0.352 e. The number of carbonyl (C=O) groups excluding carboxylic acids is 1. The third-order valence-electron chi connectivity index (χ3n) is 4.06. The number of alkyl halides is 3. The number of aliphatic imine (C=N–C) groups is 1. The Morgan fingerprint density at radius 3 is 2.24 bits per heavy atom. The maximum Gasteiger partial charge on any atom is 0.416 e. The molecule has 2 aromatic rings. The molecule has 0 saturated heterocycles. The van der Waals surface area contributed by atoms with Gasteiger partial charge in [0.25, 0.3) is 5.91 Å². The molecule has 2 rings (SSSR count). The molecule has 0 atom stereocenters. The first kappa shape index (κ1) is 22.2. The van der Waals surface area contributed by atoms with Crippen molar-refractivity contribution in [2.45, 2.75) is 26.2 Å². The first-order valence-corrected chi connectivity index (χ1v) is 8.92. The van der Waals surface area contributed by atoms with Gasteiger partial charge in [0.1, 0.15) is 5.82 Å². The molecule has 0 aliphatic carbocycles. The van der Waals surface area contributed by atoms with Crippen LogP contribution in [-0.2, 0) is 19.3 Å². The van der Waals surface area contributed by atoms with E-state index in [0.717, 1.165) is 17.7 Å². The van der Waals surface area contributed by atoms with Gasteiger partial charge < -0.3 is 16.0 Å². The van der Waals surface area contributed by atoms with Crippen molar-refractivity contribution < 1.29 is 22.4 Å². The Morgan fingerprint density at radius 2 is 1.66 bits per heavy atom. The largest absolute Gasteiger partial charge is 0.416 e. The standard InChI is InChI=1S/C20H22F4N4O/c1-3-26-18(29)14-6-4-13(5-7-14)11-27-19(25-2)28-12-15-8-9-16(21)10-17(15)20(22,23)24/h4-10H,3,11-12H2,1-2H3,(H,26,29)(H2,25,27,28). The lowest BCUT2D eigenvalue weighted by molar-refractivity contribution is -0.138. The number of hydrogen-bond donors (Lipinski definition) is 3. The number of nitrogens with one attached hydrogen (secondary N) is 3. The van der Waals surface area contributed by atoms with Crippen LogP contribution in [0.2, 0.25) is 0 Å². The van der Waals surface area contributed by atoms with Crippen molar-refractivity contribution in [1.29, 1.82) is 0 Å². The fourth-order valence-corrected chi connectivity index (χ4v) is 2.59. The van der Waals surface area contributed by atoms with Gasteiger partial charge in [-0.05, 0) is 42.3 Å². The van der Waals surface area contributed by atoms with Gasteiger partial charge >= 0.3 is 6.18 Å². The number of rotatable bonds is 6. The van der Waals surface area contributed by atoms with Gasteiger partial charge in [-0.15, -0.1) is 0 Å². The van der Waals surface area contributed by atoms with Crippen LogP contribution in [0.5, 0.6) is 0 Å². The van der Waals surface area contributed by atoms with E-state index in [2.05, 4.69) is 20.9 Å². The van der Waals surface area contributed by atoms with Crippen LogP contribution in [0.15, 0.2) is 47.5 Å². The van der Waals surface area contributed by atoms with Gasteiger partial charge in [-0.25, -0.2) is 4.39 Å². The first-order chi connectivity index (χ1) is 13.7. The zero-order chi connectivity index (χ0) is 21.4. The minimum atomic E-state index is -4.65. The van der Waals surface area contributed by atoms with E-state index in [4.69, 9.17) is 0 Å². The average Bonchev–Trinajstić information content (AvgIpc) is 2.68. The zero-order valence-electron chi connectivity index (χ0n) is 16.0. The van der Waals surface area contributed by atoms with E-state index >= 15 is 0 Å². The fraction of sp³-hybridized carbons (Fsp3) is 0.300. The number of benzene rings is 2. The molecule has 0 saturated carbocycles. The summed E-state index contributed by atoms with van der Waals surface area (Å²) in [7, 11) is 1.49. The summed E-state index contributed by atoms with van der Waals surface area (Å²) >= 11 is 0. The molecule has 0 fully saturated rings. The van der Waals surface area contributed by atoms with E-state index in [9.17, 15) is 22.4 Å². The molecule has 5 nitrogen and oxygen atoms in total. The maximum absolute atomic E-state index is 13.2. The lowest BCUT2D eigenvalue weighted by Crippen LogP contribution is -2.36. The Kier molecular flexibility index (Phi) is 7.58. The molecule has 0 radical (unpaired) electrons. The second-order valence-electron chi connectivity index (χ2n) is 6.13. The molecule has 0 aliphatic heterocycles. The highest BCUT2D eigenvalue weighted by atomic mass is 19.4. The Hall–Kier alpha value is -3.10. The van der Waals surface area contributed by atoms with Crippen LogP contribution in [0.1, 0.15) is 34.0 Å². The summed E-state index contributed by atoms with van der Waals surface area (Å²) in [5.41, 5.74) is 0.280. The van der Waals surface area contributed by atoms with Crippen LogP contribution in [0.3, 0.4) is 0 Å². The molecule has 0 aromatic heterocycles. The van der Waals surface area contributed by atoms with Crippen molar-refractivity contribution in [3.05, 3.63) is 70.5 Å². The van der Waals surface area contributed by atoms with Crippen LogP contribution < -0.4 is 16.0 Å². The number of amides is 1. The second kappa shape index (κ2) is 9.90. The predicted molar refractivity (Wildman–Crippen MR) is 103 cm³/mol. The molecular formula is C20H22F4N4O. The van der Waals surface area contributed by atoms with E-state index in [1.807, 2.05) is 6.92 Å². The fourth-order valence-electron chi connectivity index (χ4n) is 2.59. The van der Waals surface area contributed by atoms with Gasteiger partial charge in [0, 0.05) is 32.2 Å². The van der Waals surface area contributed by atoms with Crippen molar-refractivity contribution in [2.75, 3.05) is 13.6 Å². The number of carbonyl (C=O) groups is 1. The van der Waals surface area contributed by atoms with Gasteiger partial charge in [0.05, 0.1) is 5.56 Å². The SMILES string of the molecule is CCNC(=O)c1ccc(CNC(=NC)NCc2ccc(F)cc2C(F)(F)F)cc1. The Balaban J connectivity index is 1.96. The topological polar surface area (TPSA) is 65.5 Å². The zero-order valence-corrected chi connectivity index (χ0v) is 16.0. The maximum atomic E-state index is 13.2. The van der Waals surface area contributed by atoms with Gasteiger partial charge in [-0.3, -0.25) is 9.79 Å². The van der Waals surface area contributed by atoms with Crippen molar-refractivity contribution in [3.63, 3.8) is 0 Å². The van der Waals surface area contributed by atoms with Crippen molar-refractivity contribution >= 4 is 11.9 Å². The third-order valence-corrected chi connectivity index (χ3v) is 4.06. The quantitative estimate of drug-likeness (QED) is 0.388. The molecule has 156 valence electrons. The van der Waals surface area contributed by atoms with Gasteiger partial charge in [-0.1, -0.05) is 18.2 Å². The van der Waals surface area contributed by atoms with Gasteiger partial charge in [-0.2, -0.15) is 13.2 Å². The Labute approximate surface area is 166 Å². The Bertz CT molecular complexity index is 864. The normalized spacial score (nSPS) is 11.9. The molecular weight excluding hydrogens is 388 g/mol.